The van der Waals surface area contributed by atoms with E-state index in [1.165, 1.54) is 9.75 Å². The third kappa shape index (κ3) is 5.23. The minimum absolute atomic E-state index is 0.0724. The summed E-state index contributed by atoms with van der Waals surface area (Å²) < 4.78 is 5.49. The Morgan fingerprint density at radius 1 is 1.48 bits per heavy atom. The second kappa shape index (κ2) is 7.34. The molecule has 2 rings (SSSR count). The standard InChI is InChI=1S/C17H27N3O2S/c1-12-6-7-14(23-12)10-19-16(18-5)20-9-8-13(11-20)15(21)22-17(2,3)4/h6-7,13H,8-11H2,1-5H3,(H,18,19). The van der Waals surface area contributed by atoms with Crippen LogP contribution in [0.15, 0.2) is 17.1 Å². The highest BCUT2D eigenvalue weighted by molar-refractivity contribution is 7.11. The van der Waals surface area contributed by atoms with Crippen LogP contribution in [-0.2, 0) is 16.1 Å². The van der Waals surface area contributed by atoms with Crippen LogP contribution in [0.1, 0.15) is 36.9 Å². The van der Waals surface area contributed by atoms with E-state index in [4.69, 9.17) is 4.74 Å². The highest BCUT2D eigenvalue weighted by atomic mass is 32.1. The summed E-state index contributed by atoms with van der Waals surface area (Å²) >= 11 is 1.78. The molecule has 0 spiro atoms. The molecule has 1 atom stereocenters. The van der Waals surface area contributed by atoms with E-state index in [1.54, 1.807) is 18.4 Å². The first-order valence-electron chi connectivity index (χ1n) is 8.02. The number of hydrogen-bond donors (Lipinski definition) is 1. The van der Waals surface area contributed by atoms with Gasteiger partial charge in [0.15, 0.2) is 5.96 Å². The van der Waals surface area contributed by atoms with Crippen molar-refractivity contribution in [2.75, 3.05) is 20.1 Å². The number of aliphatic imine (C=N–C) groups is 1. The maximum atomic E-state index is 12.2. The topological polar surface area (TPSA) is 53.9 Å². The molecule has 1 N–H and O–H groups in total. The van der Waals surface area contributed by atoms with Gasteiger partial charge < -0.3 is 15.0 Å². The van der Waals surface area contributed by atoms with Crippen molar-refractivity contribution in [2.45, 2.75) is 46.3 Å². The van der Waals surface area contributed by atoms with Gasteiger partial charge in [-0.05, 0) is 46.2 Å². The molecule has 0 radical (unpaired) electrons. The van der Waals surface area contributed by atoms with Crippen molar-refractivity contribution in [1.82, 2.24) is 10.2 Å². The third-order valence-corrected chi connectivity index (χ3v) is 4.66. The zero-order valence-electron chi connectivity index (χ0n) is 14.7. The van der Waals surface area contributed by atoms with E-state index in [-0.39, 0.29) is 11.9 Å². The Bertz CT molecular complexity index is 575. The van der Waals surface area contributed by atoms with E-state index in [9.17, 15) is 4.79 Å². The lowest BCUT2D eigenvalue weighted by Gasteiger charge is -2.23. The summed E-state index contributed by atoms with van der Waals surface area (Å²) in [6, 6.07) is 4.26. The van der Waals surface area contributed by atoms with Gasteiger partial charge in [-0.1, -0.05) is 0 Å². The average Bonchev–Trinajstić information content (AvgIpc) is 3.07. The summed E-state index contributed by atoms with van der Waals surface area (Å²) in [4.78, 5) is 21.3. The molecule has 1 aliphatic rings. The Morgan fingerprint density at radius 2 is 2.22 bits per heavy atom. The lowest BCUT2D eigenvalue weighted by molar-refractivity contribution is -0.159. The molecule has 2 heterocycles. The van der Waals surface area contributed by atoms with Crippen LogP contribution in [-0.4, -0.2) is 42.6 Å². The van der Waals surface area contributed by atoms with Crippen molar-refractivity contribution in [3.05, 3.63) is 21.9 Å². The fraction of sp³-hybridized carbons (Fsp3) is 0.647. The molecule has 1 fully saturated rings. The van der Waals surface area contributed by atoms with Gasteiger partial charge in [0.25, 0.3) is 0 Å². The fourth-order valence-electron chi connectivity index (χ4n) is 2.61. The van der Waals surface area contributed by atoms with Crippen molar-refractivity contribution in [3.63, 3.8) is 0 Å². The number of hydrogen-bond acceptors (Lipinski definition) is 4. The van der Waals surface area contributed by atoms with E-state index in [2.05, 4.69) is 34.3 Å². The quantitative estimate of drug-likeness (QED) is 0.523. The van der Waals surface area contributed by atoms with Gasteiger partial charge in [-0.15, -0.1) is 11.3 Å². The van der Waals surface area contributed by atoms with Crippen LogP contribution in [0.5, 0.6) is 0 Å². The summed E-state index contributed by atoms with van der Waals surface area (Å²) in [5.74, 6) is 0.670. The number of guanidine groups is 1. The molecular formula is C17H27N3O2S. The molecular weight excluding hydrogens is 310 g/mol. The number of ether oxygens (including phenoxy) is 1. The summed E-state index contributed by atoms with van der Waals surface area (Å²) in [5.41, 5.74) is -0.429. The van der Waals surface area contributed by atoms with Gasteiger partial charge in [-0.3, -0.25) is 9.79 Å². The Balaban J connectivity index is 1.87. The zero-order valence-corrected chi connectivity index (χ0v) is 15.5. The molecule has 1 saturated heterocycles. The minimum Gasteiger partial charge on any atom is -0.460 e. The third-order valence-electron chi connectivity index (χ3n) is 3.66. The second-order valence-electron chi connectivity index (χ2n) is 6.88. The van der Waals surface area contributed by atoms with Crippen molar-refractivity contribution >= 4 is 23.3 Å². The number of nitrogens with one attached hydrogen (secondary N) is 1. The summed E-state index contributed by atoms with van der Waals surface area (Å²) in [5, 5.41) is 3.38. The second-order valence-corrected chi connectivity index (χ2v) is 8.25. The largest absolute Gasteiger partial charge is 0.460 e. The Hall–Kier alpha value is -1.56. The first-order chi connectivity index (χ1) is 10.8. The molecule has 0 bridgehead atoms. The Morgan fingerprint density at radius 3 is 2.78 bits per heavy atom. The van der Waals surface area contributed by atoms with Crippen LogP contribution in [0.2, 0.25) is 0 Å². The molecule has 0 aliphatic carbocycles. The molecule has 1 unspecified atom stereocenters. The number of nitrogens with zero attached hydrogens (tertiary/aromatic N) is 2. The van der Waals surface area contributed by atoms with Crippen LogP contribution in [0.25, 0.3) is 0 Å². The number of carbonyl (C=O) groups excluding carboxylic acids is 1. The number of thiophene rings is 1. The molecule has 0 aromatic carbocycles. The van der Waals surface area contributed by atoms with Gasteiger partial charge >= 0.3 is 5.97 Å². The normalized spacial score (nSPS) is 19.1. The number of likely N-dealkylation sites (tertiary alicyclic amines) is 1. The van der Waals surface area contributed by atoms with Gasteiger partial charge in [0.2, 0.25) is 0 Å². The molecule has 5 nitrogen and oxygen atoms in total. The maximum absolute atomic E-state index is 12.2. The van der Waals surface area contributed by atoms with Crippen LogP contribution >= 0.6 is 11.3 Å². The Labute approximate surface area is 142 Å². The average molecular weight is 337 g/mol. The van der Waals surface area contributed by atoms with Crippen LogP contribution in [0.4, 0.5) is 0 Å². The van der Waals surface area contributed by atoms with E-state index < -0.39 is 5.60 Å². The molecule has 0 saturated carbocycles. The molecule has 23 heavy (non-hydrogen) atoms. The highest BCUT2D eigenvalue weighted by Gasteiger charge is 2.33. The van der Waals surface area contributed by atoms with Crippen molar-refractivity contribution in [2.24, 2.45) is 10.9 Å². The maximum Gasteiger partial charge on any atom is 0.311 e. The van der Waals surface area contributed by atoms with E-state index >= 15 is 0 Å². The highest BCUT2D eigenvalue weighted by Crippen LogP contribution is 2.21. The molecule has 1 aliphatic heterocycles. The van der Waals surface area contributed by atoms with Crippen LogP contribution in [0, 0.1) is 12.8 Å². The van der Waals surface area contributed by atoms with Gasteiger partial charge in [0.05, 0.1) is 12.5 Å². The SMILES string of the molecule is CN=C(NCc1ccc(C)s1)N1CCC(C(=O)OC(C)(C)C)C1. The molecule has 1 aromatic heterocycles. The van der Waals surface area contributed by atoms with Crippen LogP contribution < -0.4 is 5.32 Å². The number of esters is 1. The summed E-state index contributed by atoms with van der Waals surface area (Å²) in [7, 11) is 1.78. The number of rotatable bonds is 3. The Kier molecular flexibility index (Phi) is 5.68. The minimum atomic E-state index is -0.429. The van der Waals surface area contributed by atoms with Crippen molar-refractivity contribution < 1.29 is 9.53 Å². The van der Waals surface area contributed by atoms with Crippen LogP contribution in [0.3, 0.4) is 0 Å². The monoisotopic (exact) mass is 337 g/mol. The van der Waals surface area contributed by atoms with Gasteiger partial charge in [0.1, 0.15) is 5.60 Å². The lowest BCUT2D eigenvalue weighted by Crippen LogP contribution is -2.40. The first kappa shape index (κ1) is 17.8. The predicted octanol–water partition coefficient (Wildman–Crippen LogP) is 2.80. The van der Waals surface area contributed by atoms with Crippen molar-refractivity contribution in [1.29, 1.82) is 0 Å². The summed E-state index contributed by atoms with van der Waals surface area (Å²) in [6.45, 7) is 10.1. The smallest absolute Gasteiger partial charge is 0.311 e. The van der Waals surface area contributed by atoms with Crippen molar-refractivity contribution in [3.8, 4) is 0 Å². The molecule has 1 aromatic rings. The van der Waals surface area contributed by atoms with E-state index in [1.807, 2.05) is 20.8 Å². The van der Waals surface area contributed by atoms with Gasteiger partial charge in [-0.2, -0.15) is 0 Å². The summed E-state index contributed by atoms with van der Waals surface area (Å²) in [6.07, 6.45) is 0.813. The number of aryl methyl sites for hydroxylation is 1. The predicted molar refractivity (Wildman–Crippen MR) is 94.8 cm³/mol. The van der Waals surface area contributed by atoms with Gasteiger partial charge in [0, 0.05) is 29.9 Å². The van der Waals surface area contributed by atoms with Gasteiger partial charge in [-0.25, -0.2) is 0 Å². The lowest BCUT2D eigenvalue weighted by atomic mass is 10.1. The molecule has 6 heteroatoms. The number of carbonyl (C=O) groups is 1. The molecule has 128 valence electrons. The fourth-order valence-corrected chi connectivity index (χ4v) is 3.44. The molecule has 0 amide bonds. The first-order valence-corrected chi connectivity index (χ1v) is 8.84. The zero-order chi connectivity index (χ0) is 17.0. The van der Waals surface area contributed by atoms with E-state index in [0.29, 0.717) is 6.54 Å². The van der Waals surface area contributed by atoms with E-state index in [0.717, 1.165) is 25.5 Å².